The fourth-order valence-electron chi connectivity index (χ4n) is 3.41. The van der Waals surface area contributed by atoms with Crippen LogP contribution in [0.4, 0.5) is 5.69 Å². The van der Waals surface area contributed by atoms with Crippen LogP contribution in [0.2, 0.25) is 5.02 Å². The van der Waals surface area contributed by atoms with Gasteiger partial charge in [-0.2, -0.15) is 0 Å². The molecular weight excluding hydrogens is 400 g/mol. The van der Waals surface area contributed by atoms with Gasteiger partial charge >= 0.3 is 5.97 Å². The zero-order valence-electron chi connectivity index (χ0n) is 15.3. The van der Waals surface area contributed by atoms with Crippen molar-refractivity contribution >= 4 is 33.3 Å². The van der Waals surface area contributed by atoms with Crippen molar-refractivity contribution in [3.05, 3.63) is 58.6 Å². The molecule has 2 aromatic carbocycles. The highest BCUT2D eigenvalue weighted by Gasteiger charge is 2.30. The predicted octanol–water partition coefficient (Wildman–Crippen LogP) is 4.17. The third-order valence-electron chi connectivity index (χ3n) is 4.76. The summed E-state index contributed by atoms with van der Waals surface area (Å²) in [6.07, 6.45) is 3.52. The molecule has 0 aromatic heterocycles. The minimum atomic E-state index is -3.73. The first-order valence-electron chi connectivity index (χ1n) is 9.25. The van der Waals surface area contributed by atoms with Crippen LogP contribution in [-0.2, 0) is 14.8 Å². The largest absolute Gasteiger partial charge is 0.481 e. The molecule has 0 radical (unpaired) electrons. The van der Waals surface area contributed by atoms with E-state index in [4.69, 9.17) is 16.7 Å². The minimum absolute atomic E-state index is 0.176. The number of carbonyl (C=O) groups is 1. The van der Waals surface area contributed by atoms with Crippen molar-refractivity contribution in [2.24, 2.45) is 0 Å². The van der Waals surface area contributed by atoms with Gasteiger partial charge in [0.1, 0.15) is 0 Å². The molecule has 0 fully saturated rings. The molecule has 0 amide bonds. The van der Waals surface area contributed by atoms with E-state index < -0.39 is 16.0 Å². The second kappa shape index (κ2) is 8.94. The molecule has 0 saturated heterocycles. The molecule has 6 nitrogen and oxygen atoms in total. The van der Waals surface area contributed by atoms with E-state index in [0.29, 0.717) is 29.2 Å². The van der Waals surface area contributed by atoms with Crippen LogP contribution in [0, 0.1) is 0 Å². The average molecular weight is 423 g/mol. The highest BCUT2D eigenvalue weighted by molar-refractivity contribution is 7.92. The Morgan fingerprint density at radius 2 is 1.82 bits per heavy atom. The Morgan fingerprint density at radius 1 is 1.07 bits per heavy atom. The third-order valence-corrected chi connectivity index (χ3v) is 6.41. The minimum Gasteiger partial charge on any atom is -0.481 e. The summed E-state index contributed by atoms with van der Waals surface area (Å²) in [6, 6.07) is 12.0. The maximum absolute atomic E-state index is 12.8. The number of nitrogens with one attached hydrogen (secondary N) is 2. The molecule has 1 atom stereocenters. The van der Waals surface area contributed by atoms with Gasteiger partial charge in [0.15, 0.2) is 0 Å². The lowest BCUT2D eigenvalue weighted by molar-refractivity contribution is -0.137. The summed E-state index contributed by atoms with van der Waals surface area (Å²) < 4.78 is 28.3. The number of para-hydroxylation sites is 1. The zero-order chi connectivity index (χ0) is 20.1. The topological polar surface area (TPSA) is 95.5 Å². The van der Waals surface area contributed by atoms with E-state index >= 15 is 0 Å². The fraction of sp³-hybridized carbons (Fsp3) is 0.350. The van der Waals surface area contributed by atoms with Crippen molar-refractivity contribution in [3.8, 4) is 0 Å². The van der Waals surface area contributed by atoms with Crippen molar-refractivity contribution in [1.82, 2.24) is 5.32 Å². The number of hydrogen-bond donors (Lipinski definition) is 3. The summed E-state index contributed by atoms with van der Waals surface area (Å²) in [5, 5.41) is 12.5. The lowest BCUT2D eigenvalue weighted by atomic mass is 9.97. The molecule has 0 bridgehead atoms. The van der Waals surface area contributed by atoms with Crippen molar-refractivity contribution in [2.45, 2.75) is 43.0 Å². The van der Waals surface area contributed by atoms with Gasteiger partial charge in [-0.05, 0) is 48.7 Å². The molecule has 1 unspecified atom stereocenters. The Hall–Kier alpha value is -2.09. The first-order chi connectivity index (χ1) is 13.4. The molecule has 0 aliphatic carbocycles. The Balaban J connectivity index is 1.79. The predicted molar refractivity (Wildman–Crippen MR) is 109 cm³/mol. The quantitative estimate of drug-likeness (QED) is 0.555. The van der Waals surface area contributed by atoms with Crippen LogP contribution in [0.5, 0.6) is 0 Å². The van der Waals surface area contributed by atoms with E-state index in [2.05, 4.69) is 10.0 Å². The summed E-state index contributed by atoms with van der Waals surface area (Å²) in [4.78, 5) is 10.7. The SMILES string of the molecule is O=C(O)CCCCCCNC1c2ccccc2NS(=O)(=O)c2cc(Cl)ccc21. The lowest BCUT2D eigenvalue weighted by Gasteiger charge is -2.21. The van der Waals surface area contributed by atoms with Gasteiger partial charge in [0.25, 0.3) is 10.0 Å². The molecule has 3 rings (SSSR count). The molecule has 2 aromatic rings. The highest BCUT2D eigenvalue weighted by atomic mass is 35.5. The first-order valence-corrected chi connectivity index (χ1v) is 11.1. The van der Waals surface area contributed by atoms with E-state index in [0.717, 1.165) is 24.8 Å². The Kier molecular flexibility index (Phi) is 6.59. The molecule has 28 heavy (non-hydrogen) atoms. The number of hydrogen-bond acceptors (Lipinski definition) is 4. The number of carboxylic acid groups (broad SMARTS) is 1. The number of carboxylic acids is 1. The molecule has 0 spiro atoms. The van der Waals surface area contributed by atoms with Gasteiger partial charge in [-0.1, -0.05) is 48.7 Å². The summed E-state index contributed by atoms with van der Waals surface area (Å²) in [6.45, 7) is 0.689. The number of anilines is 1. The van der Waals surface area contributed by atoms with Gasteiger partial charge in [-0.15, -0.1) is 0 Å². The summed E-state index contributed by atoms with van der Waals surface area (Å²) in [5.74, 6) is -0.767. The summed E-state index contributed by atoms with van der Waals surface area (Å²) in [7, 11) is -3.73. The smallest absolute Gasteiger partial charge is 0.303 e. The van der Waals surface area contributed by atoms with Gasteiger partial charge in [0, 0.05) is 11.4 Å². The molecule has 0 saturated carbocycles. The van der Waals surface area contributed by atoms with E-state index in [1.807, 2.05) is 12.1 Å². The first kappa shape index (κ1) is 20.6. The Bertz CT molecular complexity index is 962. The van der Waals surface area contributed by atoms with Gasteiger partial charge in [0.2, 0.25) is 0 Å². The van der Waals surface area contributed by atoms with E-state index in [1.165, 1.54) is 6.07 Å². The molecular formula is C20H23ClN2O4S. The van der Waals surface area contributed by atoms with Gasteiger partial charge < -0.3 is 10.4 Å². The highest BCUT2D eigenvalue weighted by Crippen LogP contribution is 2.38. The van der Waals surface area contributed by atoms with Crippen molar-refractivity contribution in [1.29, 1.82) is 0 Å². The lowest BCUT2D eigenvalue weighted by Crippen LogP contribution is -2.24. The number of fused-ring (bicyclic) bond motifs is 2. The molecule has 1 aliphatic heterocycles. The number of benzene rings is 2. The zero-order valence-corrected chi connectivity index (χ0v) is 16.9. The third kappa shape index (κ3) is 4.84. The molecule has 1 aliphatic rings. The number of sulfonamides is 1. The fourth-order valence-corrected chi connectivity index (χ4v) is 5.01. The number of unbranched alkanes of at least 4 members (excludes halogenated alkanes) is 3. The number of aliphatic carboxylic acids is 1. The molecule has 150 valence electrons. The normalized spacial score (nSPS) is 17.1. The van der Waals surface area contributed by atoms with E-state index in [-0.39, 0.29) is 17.4 Å². The van der Waals surface area contributed by atoms with Crippen molar-refractivity contribution in [3.63, 3.8) is 0 Å². The molecule has 8 heteroatoms. The van der Waals surface area contributed by atoms with Crippen LogP contribution in [0.15, 0.2) is 47.4 Å². The standard InChI is InChI=1S/C20H23ClN2O4S/c21-14-10-11-16-18(13-14)28(26,27)23-17-8-5-4-7-15(17)20(16)22-12-6-2-1-3-9-19(24)25/h4-5,7-8,10-11,13,20,22-23H,1-3,6,9,12H2,(H,24,25). The second-order valence-corrected chi connectivity index (χ2v) is 8.91. The Morgan fingerprint density at radius 3 is 2.61 bits per heavy atom. The van der Waals surface area contributed by atoms with Crippen LogP contribution >= 0.6 is 11.6 Å². The van der Waals surface area contributed by atoms with Crippen molar-refractivity contribution in [2.75, 3.05) is 11.3 Å². The van der Waals surface area contributed by atoms with Crippen LogP contribution in [0.25, 0.3) is 0 Å². The maximum atomic E-state index is 12.8. The summed E-state index contributed by atoms with van der Waals surface area (Å²) >= 11 is 6.06. The van der Waals surface area contributed by atoms with Crippen LogP contribution in [-0.4, -0.2) is 26.0 Å². The van der Waals surface area contributed by atoms with Crippen molar-refractivity contribution < 1.29 is 18.3 Å². The van der Waals surface area contributed by atoms with E-state index in [1.54, 1.807) is 24.3 Å². The van der Waals surface area contributed by atoms with Gasteiger partial charge in [0.05, 0.1) is 16.6 Å². The monoisotopic (exact) mass is 422 g/mol. The van der Waals surface area contributed by atoms with Gasteiger partial charge in [-0.3, -0.25) is 9.52 Å². The number of rotatable bonds is 8. The molecule has 1 heterocycles. The average Bonchev–Trinajstić information content (AvgIpc) is 2.73. The number of halogens is 1. The van der Waals surface area contributed by atoms with Crippen LogP contribution in [0.1, 0.15) is 49.3 Å². The second-order valence-electron chi connectivity index (χ2n) is 6.82. The Labute approximate surface area is 170 Å². The summed E-state index contributed by atoms with van der Waals surface area (Å²) in [5.41, 5.74) is 2.07. The van der Waals surface area contributed by atoms with Gasteiger partial charge in [-0.25, -0.2) is 8.42 Å². The maximum Gasteiger partial charge on any atom is 0.303 e. The van der Waals surface area contributed by atoms with Crippen LogP contribution in [0.3, 0.4) is 0 Å². The van der Waals surface area contributed by atoms with Crippen LogP contribution < -0.4 is 10.0 Å². The molecule has 3 N–H and O–H groups in total. The van der Waals surface area contributed by atoms with E-state index in [9.17, 15) is 13.2 Å².